The van der Waals surface area contributed by atoms with Crippen LogP contribution in [0.3, 0.4) is 0 Å². The molecule has 2 aromatic rings. The number of esters is 1. The molecule has 0 heterocycles. The minimum Gasteiger partial charge on any atom is -0.423 e. The van der Waals surface area contributed by atoms with E-state index < -0.39 is 39.9 Å². The maximum absolute atomic E-state index is 13.0. The zero-order chi connectivity index (χ0) is 19.7. The number of nitro groups is 1. The molecule has 0 aliphatic carbocycles. The van der Waals surface area contributed by atoms with Gasteiger partial charge in [0, 0.05) is 12.1 Å². The van der Waals surface area contributed by atoms with Gasteiger partial charge in [-0.1, -0.05) is 0 Å². The molecule has 0 unspecified atom stereocenters. The lowest BCUT2D eigenvalue weighted by molar-refractivity contribution is -0.384. The van der Waals surface area contributed by atoms with Crippen LogP contribution in [0.15, 0.2) is 42.5 Å². The number of ether oxygens (including phenoxy) is 1. The van der Waals surface area contributed by atoms with E-state index in [1.165, 1.54) is 0 Å². The highest BCUT2D eigenvalue weighted by Gasteiger charge is 2.39. The van der Waals surface area contributed by atoms with Crippen molar-refractivity contribution in [3.05, 3.63) is 69.3 Å². The number of halogens is 6. The molecular formula is C15H7F6NO4. The number of alkyl halides is 6. The first-order valence-electron chi connectivity index (χ1n) is 6.64. The molecule has 0 aliphatic heterocycles. The Bertz CT molecular complexity index is 843. The van der Waals surface area contributed by atoms with Crippen LogP contribution in [0, 0.1) is 10.1 Å². The van der Waals surface area contributed by atoms with Crippen LogP contribution in [0.1, 0.15) is 21.5 Å². The summed E-state index contributed by atoms with van der Waals surface area (Å²) in [6.45, 7) is 0. The Morgan fingerprint density at radius 2 is 1.50 bits per heavy atom. The first-order valence-corrected chi connectivity index (χ1v) is 6.64. The third kappa shape index (κ3) is 4.29. The van der Waals surface area contributed by atoms with Gasteiger partial charge in [-0.2, -0.15) is 26.3 Å². The molecule has 2 aromatic carbocycles. The average molecular weight is 379 g/mol. The van der Waals surface area contributed by atoms with Gasteiger partial charge in [-0.25, -0.2) is 4.79 Å². The van der Waals surface area contributed by atoms with Crippen LogP contribution in [0.2, 0.25) is 0 Å². The van der Waals surface area contributed by atoms with Gasteiger partial charge in [-0.05, 0) is 30.3 Å². The zero-order valence-electron chi connectivity index (χ0n) is 12.4. The Morgan fingerprint density at radius 3 is 1.96 bits per heavy atom. The molecule has 0 saturated heterocycles. The predicted octanol–water partition coefficient (Wildman–Crippen LogP) is 4.85. The van der Waals surface area contributed by atoms with Gasteiger partial charge in [0.05, 0.1) is 21.6 Å². The second-order valence-electron chi connectivity index (χ2n) is 4.90. The quantitative estimate of drug-likeness (QED) is 0.251. The Morgan fingerprint density at radius 1 is 0.923 bits per heavy atom. The highest BCUT2D eigenvalue weighted by molar-refractivity contribution is 5.93. The maximum Gasteiger partial charge on any atom is 0.417 e. The SMILES string of the molecule is O=C(Oc1ccc([N+](=O)[O-])cc1)c1cc(C(F)(F)F)ccc1C(F)(F)F. The van der Waals surface area contributed by atoms with Crippen LogP contribution in [0.25, 0.3) is 0 Å². The third-order valence-corrected chi connectivity index (χ3v) is 3.13. The van der Waals surface area contributed by atoms with Crippen LogP contribution in [0.5, 0.6) is 5.75 Å². The highest BCUT2D eigenvalue weighted by Crippen LogP contribution is 2.37. The molecule has 2 rings (SSSR count). The molecule has 138 valence electrons. The predicted molar refractivity (Wildman–Crippen MR) is 74.5 cm³/mol. The highest BCUT2D eigenvalue weighted by atomic mass is 19.4. The Balaban J connectivity index is 2.41. The van der Waals surface area contributed by atoms with Crippen molar-refractivity contribution in [2.75, 3.05) is 0 Å². The van der Waals surface area contributed by atoms with Crippen molar-refractivity contribution in [1.82, 2.24) is 0 Å². The van der Waals surface area contributed by atoms with E-state index in [-0.39, 0.29) is 29.6 Å². The lowest BCUT2D eigenvalue weighted by Crippen LogP contribution is -2.19. The molecular weight excluding hydrogens is 372 g/mol. The average Bonchev–Trinajstić information content (AvgIpc) is 2.53. The van der Waals surface area contributed by atoms with Crippen LogP contribution in [-0.4, -0.2) is 10.9 Å². The fourth-order valence-electron chi connectivity index (χ4n) is 1.93. The number of hydrogen-bond acceptors (Lipinski definition) is 4. The van der Waals surface area contributed by atoms with Gasteiger partial charge in [0.25, 0.3) is 5.69 Å². The van der Waals surface area contributed by atoms with Gasteiger partial charge in [-0.15, -0.1) is 0 Å². The smallest absolute Gasteiger partial charge is 0.417 e. The van der Waals surface area contributed by atoms with Gasteiger partial charge in [0.15, 0.2) is 0 Å². The number of non-ortho nitro benzene ring substituents is 1. The number of carbonyl (C=O) groups excluding carboxylic acids is 1. The van der Waals surface area contributed by atoms with E-state index in [1.54, 1.807) is 0 Å². The largest absolute Gasteiger partial charge is 0.423 e. The minimum absolute atomic E-state index is 0.0382. The van der Waals surface area contributed by atoms with Crippen LogP contribution in [-0.2, 0) is 12.4 Å². The number of benzene rings is 2. The molecule has 5 nitrogen and oxygen atoms in total. The summed E-state index contributed by atoms with van der Waals surface area (Å²) in [5.41, 5.74) is -4.76. The summed E-state index contributed by atoms with van der Waals surface area (Å²) in [5, 5.41) is 10.5. The molecule has 0 aliphatic rings. The molecule has 0 atom stereocenters. The first kappa shape index (κ1) is 19.2. The van der Waals surface area contributed by atoms with Gasteiger partial charge in [-0.3, -0.25) is 10.1 Å². The van der Waals surface area contributed by atoms with E-state index in [4.69, 9.17) is 0 Å². The van der Waals surface area contributed by atoms with E-state index in [1.807, 2.05) is 0 Å². The van der Waals surface area contributed by atoms with Crippen molar-refractivity contribution in [3.8, 4) is 5.75 Å². The normalized spacial score (nSPS) is 11.9. The van der Waals surface area contributed by atoms with Gasteiger partial charge in [0.1, 0.15) is 5.75 Å². The van der Waals surface area contributed by atoms with E-state index in [0.29, 0.717) is 0 Å². The molecule has 11 heteroatoms. The molecule has 0 fully saturated rings. The van der Waals surface area contributed by atoms with E-state index in [0.717, 1.165) is 24.3 Å². The number of nitro benzene ring substituents is 1. The molecule has 0 radical (unpaired) electrons. The lowest BCUT2D eigenvalue weighted by Gasteiger charge is -2.15. The Kier molecular flexibility index (Phi) is 4.92. The Hall–Kier alpha value is -3.11. The van der Waals surface area contributed by atoms with Gasteiger partial charge < -0.3 is 4.74 Å². The molecule has 0 spiro atoms. The van der Waals surface area contributed by atoms with E-state index >= 15 is 0 Å². The van der Waals surface area contributed by atoms with E-state index in [2.05, 4.69) is 4.74 Å². The summed E-state index contributed by atoms with van der Waals surface area (Å²) >= 11 is 0. The summed E-state index contributed by atoms with van der Waals surface area (Å²) in [4.78, 5) is 21.7. The Labute approximate surface area is 141 Å². The van der Waals surface area contributed by atoms with Crippen LogP contribution < -0.4 is 4.74 Å². The first-order chi connectivity index (χ1) is 11.9. The minimum atomic E-state index is -5.09. The number of hydrogen-bond donors (Lipinski definition) is 0. The summed E-state index contributed by atoms with van der Waals surface area (Å²) in [5.74, 6) is -2.05. The maximum atomic E-state index is 13.0. The van der Waals surface area contributed by atoms with Crippen molar-refractivity contribution in [3.63, 3.8) is 0 Å². The lowest BCUT2D eigenvalue weighted by atomic mass is 10.0. The second kappa shape index (κ2) is 6.65. The molecule has 0 aromatic heterocycles. The number of nitrogens with zero attached hydrogens (tertiary/aromatic N) is 1. The summed E-state index contributed by atoms with van der Waals surface area (Å²) in [7, 11) is 0. The topological polar surface area (TPSA) is 69.4 Å². The van der Waals surface area contributed by atoms with Crippen LogP contribution in [0.4, 0.5) is 32.0 Å². The van der Waals surface area contributed by atoms with Gasteiger partial charge in [0.2, 0.25) is 0 Å². The zero-order valence-corrected chi connectivity index (χ0v) is 12.4. The second-order valence-corrected chi connectivity index (χ2v) is 4.90. The number of rotatable bonds is 3. The summed E-state index contributed by atoms with van der Waals surface area (Å²) < 4.78 is 81.6. The summed E-state index contributed by atoms with van der Waals surface area (Å²) in [6.07, 6.45) is -10.1. The molecule has 0 amide bonds. The molecule has 0 N–H and O–H groups in total. The van der Waals surface area contributed by atoms with Crippen molar-refractivity contribution in [1.29, 1.82) is 0 Å². The van der Waals surface area contributed by atoms with Crippen LogP contribution >= 0.6 is 0 Å². The third-order valence-electron chi connectivity index (χ3n) is 3.13. The van der Waals surface area contributed by atoms with Crippen molar-refractivity contribution in [2.24, 2.45) is 0 Å². The van der Waals surface area contributed by atoms with E-state index in [9.17, 15) is 41.3 Å². The van der Waals surface area contributed by atoms with Gasteiger partial charge >= 0.3 is 18.3 Å². The molecule has 0 bridgehead atoms. The van der Waals surface area contributed by atoms with Crippen molar-refractivity contribution >= 4 is 11.7 Å². The molecule has 0 saturated carbocycles. The fraction of sp³-hybridized carbons (Fsp3) is 0.133. The van der Waals surface area contributed by atoms with Crippen molar-refractivity contribution < 1.29 is 40.8 Å². The molecule has 26 heavy (non-hydrogen) atoms. The van der Waals surface area contributed by atoms with Crippen molar-refractivity contribution in [2.45, 2.75) is 12.4 Å². The fourth-order valence-corrected chi connectivity index (χ4v) is 1.93. The summed E-state index contributed by atoms with van der Waals surface area (Å²) in [6, 6.07) is 4.06. The number of carbonyl (C=O) groups is 1. The standard InChI is InChI=1S/C15H7F6NO4/c16-14(17,18)8-1-6-12(15(19,20)21)11(7-8)13(23)26-10-4-2-9(3-5-10)22(24)25/h1-7H. The monoisotopic (exact) mass is 379 g/mol.